The second-order valence-electron chi connectivity index (χ2n) is 7.75. The van der Waals surface area contributed by atoms with E-state index in [9.17, 15) is 4.79 Å². The third kappa shape index (κ3) is 3.48. The van der Waals surface area contributed by atoms with E-state index in [1.54, 1.807) is 18.4 Å². The number of aromatic nitrogens is 2. The van der Waals surface area contributed by atoms with Gasteiger partial charge in [-0.1, -0.05) is 42.5 Å². The van der Waals surface area contributed by atoms with Gasteiger partial charge in [-0.3, -0.25) is 4.79 Å². The number of nitrogens with one attached hydrogen (secondary N) is 1. The Morgan fingerprint density at radius 2 is 1.97 bits per heavy atom. The van der Waals surface area contributed by atoms with Crippen LogP contribution in [0.4, 0.5) is 11.5 Å². The first-order chi connectivity index (χ1) is 15.1. The van der Waals surface area contributed by atoms with Crippen molar-refractivity contribution in [1.82, 2.24) is 9.97 Å². The number of benzene rings is 2. The normalized spacial score (nSPS) is 13.3. The molecule has 0 radical (unpaired) electrons. The summed E-state index contributed by atoms with van der Waals surface area (Å²) in [6.07, 6.45) is 3.46. The Kier molecular flexibility index (Phi) is 4.78. The molecule has 5 rings (SSSR count). The third-order valence-corrected chi connectivity index (χ3v) is 5.66. The quantitative estimate of drug-likeness (QED) is 0.514. The fourth-order valence-electron chi connectivity index (χ4n) is 4.14. The largest absolute Gasteiger partial charge is 0.460 e. The van der Waals surface area contributed by atoms with Crippen molar-refractivity contribution in [3.05, 3.63) is 71.6 Å². The van der Waals surface area contributed by atoms with Gasteiger partial charge in [-0.15, -0.1) is 0 Å². The van der Waals surface area contributed by atoms with Crippen LogP contribution in [0.3, 0.4) is 0 Å². The van der Waals surface area contributed by atoms with E-state index in [0.29, 0.717) is 29.1 Å². The van der Waals surface area contributed by atoms with Crippen molar-refractivity contribution >= 4 is 28.2 Å². The highest BCUT2D eigenvalue weighted by Gasteiger charge is 2.24. The highest BCUT2D eigenvalue weighted by Crippen LogP contribution is 2.36. The summed E-state index contributed by atoms with van der Waals surface area (Å²) in [5.41, 5.74) is 9.14. The smallest absolute Gasteiger partial charge is 0.249 e. The van der Waals surface area contributed by atoms with Crippen molar-refractivity contribution in [2.45, 2.75) is 19.4 Å². The van der Waals surface area contributed by atoms with Gasteiger partial charge in [-0.2, -0.15) is 0 Å². The Bertz CT molecular complexity index is 1270. The molecule has 0 aliphatic carbocycles. The van der Waals surface area contributed by atoms with Gasteiger partial charge in [0.05, 0.1) is 11.3 Å². The SMILES string of the molecule is CN1CCCc2nc(-c3occ4c(C(N)=O)cccc34)nc(NCc3ccccc3)c21. The first-order valence-corrected chi connectivity index (χ1v) is 10.3. The van der Waals surface area contributed by atoms with E-state index in [1.807, 2.05) is 24.3 Å². The summed E-state index contributed by atoms with van der Waals surface area (Å²) in [5, 5.41) is 4.93. The highest BCUT2D eigenvalue weighted by molar-refractivity contribution is 6.08. The summed E-state index contributed by atoms with van der Waals surface area (Å²) in [6, 6.07) is 15.6. The number of rotatable bonds is 5. The van der Waals surface area contributed by atoms with Crippen LogP contribution in [0.5, 0.6) is 0 Å². The van der Waals surface area contributed by atoms with Gasteiger partial charge in [0, 0.05) is 30.9 Å². The topological polar surface area (TPSA) is 97.3 Å². The minimum atomic E-state index is -0.490. The highest BCUT2D eigenvalue weighted by atomic mass is 16.3. The molecule has 0 spiro atoms. The predicted molar refractivity (Wildman–Crippen MR) is 121 cm³/mol. The molecule has 7 nitrogen and oxygen atoms in total. The molecule has 2 aromatic carbocycles. The number of hydrogen-bond acceptors (Lipinski definition) is 6. The van der Waals surface area contributed by atoms with Crippen molar-refractivity contribution in [2.75, 3.05) is 23.8 Å². The molecule has 0 unspecified atom stereocenters. The molecule has 0 saturated carbocycles. The maximum atomic E-state index is 11.8. The van der Waals surface area contributed by atoms with Crippen molar-refractivity contribution < 1.29 is 9.21 Å². The number of aryl methyl sites for hydroxylation is 1. The lowest BCUT2D eigenvalue weighted by atomic mass is 10.1. The molecular weight excluding hydrogens is 390 g/mol. The number of furan rings is 1. The summed E-state index contributed by atoms with van der Waals surface area (Å²) in [5.74, 6) is 1.33. The lowest BCUT2D eigenvalue weighted by Crippen LogP contribution is -2.27. The molecule has 0 saturated heterocycles. The van der Waals surface area contributed by atoms with Gasteiger partial charge in [0.25, 0.3) is 0 Å². The first kappa shape index (κ1) is 19.1. The average molecular weight is 413 g/mol. The minimum Gasteiger partial charge on any atom is -0.460 e. The maximum absolute atomic E-state index is 11.8. The van der Waals surface area contributed by atoms with Gasteiger partial charge in [-0.05, 0) is 24.5 Å². The predicted octanol–water partition coefficient (Wildman–Crippen LogP) is 3.98. The molecule has 31 heavy (non-hydrogen) atoms. The lowest BCUT2D eigenvalue weighted by Gasteiger charge is -2.29. The van der Waals surface area contributed by atoms with E-state index in [1.165, 1.54) is 5.56 Å². The zero-order valence-corrected chi connectivity index (χ0v) is 17.3. The van der Waals surface area contributed by atoms with E-state index >= 15 is 0 Å². The molecule has 4 aromatic rings. The minimum absolute atomic E-state index is 0.424. The lowest BCUT2D eigenvalue weighted by molar-refractivity contribution is 0.100. The number of carbonyl (C=O) groups is 1. The number of fused-ring (bicyclic) bond motifs is 2. The molecule has 2 aromatic heterocycles. The standard InChI is InChI=1S/C24H23N5O2/c1-29-12-6-11-19-20(29)23(26-13-15-7-3-2-4-8-15)28-24(27-19)21-16-9-5-10-17(22(25)30)18(16)14-31-21/h2-5,7-10,14H,6,11-13H2,1H3,(H2,25,30)(H,26,27,28). The van der Waals surface area contributed by atoms with Gasteiger partial charge in [0.15, 0.2) is 17.4 Å². The summed E-state index contributed by atoms with van der Waals surface area (Å²) in [6.45, 7) is 1.61. The zero-order chi connectivity index (χ0) is 21.4. The molecule has 1 aliphatic rings. The van der Waals surface area contributed by atoms with Crippen LogP contribution in [0, 0.1) is 0 Å². The summed E-state index contributed by atoms with van der Waals surface area (Å²) in [7, 11) is 2.07. The van der Waals surface area contributed by atoms with Gasteiger partial charge in [0.1, 0.15) is 12.0 Å². The van der Waals surface area contributed by atoms with E-state index < -0.39 is 5.91 Å². The number of carbonyl (C=O) groups excluding carboxylic acids is 1. The third-order valence-electron chi connectivity index (χ3n) is 5.66. The molecule has 156 valence electrons. The van der Waals surface area contributed by atoms with Crippen LogP contribution in [-0.2, 0) is 13.0 Å². The number of anilines is 2. The van der Waals surface area contributed by atoms with Crippen molar-refractivity contribution in [2.24, 2.45) is 5.73 Å². The molecule has 3 N–H and O–H groups in total. The fourth-order valence-corrected chi connectivity index (χ4v) is 4.14. The molecule has 1 aliphatic heterocycles. The molecule has 0 fully saturated rings. The zero-order valence-electron chi connectivity index (χ0n) is 17.3. The molecule has 7 heteroatoms. The van der Waals surface area contributed by atoms with Gasteiger partial charge < -0.3 is 20.4 Å². The monoisotopic (exact) mass is 413 g/mol. The van der Waals surface area contributed by atoms with Crippen LogP contribution < -0.4 is 16.0 Å². The van der Waals surface area contributed by atoms with Crippen molar-refractivity contribution in [3.63, 3.8) is 0 Å². The molecule has 1 amide bonds. The van der Waals surface area contributed by atoms with Gasteiger partial charge in [-0.25, -0.2) is 9.97 Å². The second-order valence-corrected chi connectivity index (χ2v) is 7.75. The summed E-state index contributed by atoms with van der Waals surface area (Å²) in [4.78, 5) is 23.7. The van der Waals surface area contributed by atoms with Crippen LogP contribution in [-0.4, -0.2) is 29.5 Å². The Balaban J connectivity index is 1.61. The van der Waals surface area contributed by atoms with Crippen LogP contribution in [0.1, 0.15) is 28.0 Å². The van der Waals surface area contributed by atoms with Crippen molar-refractivity contribution in [1.29, 1.82) is 0 Å². The number of nitrogens with zero attached hydrogens (tertiary/aromatic N) is 3. The Morgan fingerprint density at radius 1 is 1.13 bits per heavy atom. The van der Waals surface area contributed by atoms with E-state index in [4.69, 9.17) is 20.1 Å². The van der Waals surface area contributed by atoms with E-state index in [-0.39, 0.29) is 0 Å². The molecule has 0 atom stereocenters. The number of hydrogen-bond donors (Lipinski definition) is 2. The fraction of sp³-hybridized carbons (Fsp3) is 0.208. The van der Waals surface area contributed by atoms with Gasteiger partial charge >= 0.3 is 0 Å². The summed E-state index contributed by atoms with van der Waals surface area (Å²) >= 11 is 0. The average Bonchev–Trinajstić information content (AvgIpc) is 3.22. The Morgan fingerprint density at radius 3 is 2.77 bits per heavy atom. The van der Waals surface area contributed by atoms with Crippen molar-refractivity contribution in [3.8, 4) is 11.6 Å². The van der Waals surface area contributed by atoms with Gasteiger partial charge in [0.2, 0.25) is 5.91 Å². The van der Waals surface area contributed by atoms with E-state index in [2.05, 4.69) is 29.4 Å². The summed E-state index contributed by atoms with van der Waals surface area (Å²) < 4.78 is 5.85. The Hall–Kier alpha value is -3.87. The van der Waals surface area contributed by atoms with E-state index in [0.717, 1.165) is 42.0 Å². The van der Waals surface area contributed by atoms with Crippen LogP contribution in [0.2, 0.25) is 0 Å². The Labute approximate surface area is 179 Å². The molecular formula is C24H23N5O2. The maximum Gasteiger partial charge on any atom is 0.249 e. The molecule has 0 bridgehead atoms. The second kappa shape index (κ2) is 7.75. The number of nitrogens with two attached hydrogens (primary N) is 1. The number of amides is 1. The van der Waals surface area contributed by atoms with Crippen LogP contribution in [0.25, 0.3) is 22.4 Å². The molecule has 3 heterocycles. The van der Waals surface area contributed by atoms with Crippen LogP contribution in [0.15, 0.2) is 59.2 Å². The number of primary amides is 1. The first-order valence-electron chi connectivity index (χ1n) is 10.3. The van der Waals surface area contributed by atoms with Crippen LogP contribution >= 0.6 is 0 Å².